The van der Waals surface area contributed by atoms with Crippen molar-refractivity contribution in [3.05, 3.63) is 25.3 Å². The number of hydrogen-bond acceptors (Lipinski definition) is 3. The summed E-state index contributed by atoms with van der Waals surface area (Å²) in [7, 11) is -2.49. The SMILES string of the molecule is C#CC(C=C)(C=C)OP(O)O. The Kier molecular flexibility index (Phi) is 4.02. The van der Waals surface area contributed by atoms with Gasteiger partial charge in [0, 0.05) is 0 Å². The molecule has 0 atom stereocenters. The van der Waals surface area contributed by atoms with E-state index in [1.807, 2.05) is 0 Å². The van der Waals surface area contributed by atoms with Gasteiger partial charge in [-0.25, -0.2) is 0 Å². The Labute approximate surface area is 67.0 Å². The van der Waals surface area contributed by atoms with Gasteiger partial charge in [-0.3, -0.25) is 4.52 Å². The average Bonchev–Trinajstić information content (AvgIpc) is 2.00. The third kappa shape index (κ3) is 2.83. The fourth-order valence-electron chi connectivity index (χ4n) is 0.437. The first kappa shape index (κ1) is 10.3. The highest BCUT2D eigenvalue weighted by atomic mass is 31.2. The van der Waals surface area contributed by atoms with Gasteiger partial charge in [-0.1, -0.05) is 19.1 Å². The van der Waals surface area contributed by atoms with Crippen molar-refractivity contribution in [1.29, 1.82) is 0 Å². The van der Waals surface area contributed by atoms with Crippen molar-refractivity contribution in [3.8, 4) is 12.3 Å². The van der Waals surface area contributed by atoms with Crippen LogP contribution in [0.4, 0.5) is 0 Å². The zero-order valence-electron chi connectivity index (χ0n) is 5.90. The van der Waals surface area contributed by atoms with Crippen molar-refractivity contribution in [2.24, 2.45) is 0 Å². The molecule has 3 nitrogen and oxygen atoms in total. The van der Waals surface area contributed by atoms with E-state index < -0.39 is 14.2 Å². The van der Waals surface area contributed by atoms with E-state index >= 15 is 0 Å². The summed E-state index contributed by atoms with van der Waals surface area (Å²) >= 11 is 0. The van der Waals surface area contributed by atoms with Crippen molar-refractivity contribution in [2.45, 2.75) is 5.60 Å². The molecule has 0 saturated carbocycles. The summed E-state index contributed by atoms with van der Waals surface area (Å²) in [5.74, 6) is 2.18. The van der Waals surface area contributed by atoms with Gasteiger partial charge >= 0.3 is 8.60 Å². The molecule has 0 heterocycles. The average molecular weight is 172 g/mol. The molecule has 11 heavy (non-hydrogen) atoms. The van der Waals surface area contributed by atoms with E-state index in [2.05, 4.69) is 23.6 Å². The minimum absolute atomic E-state index is 1.27. The number of terminal acetylenes is 1. The first-order valence-corrected chi connectivity index (χ1v) is 3.88. The van der Waals surface area contributed by atoms with Crippen molar-refractivity contribution in [1.82, 2.24) is 0 Å². The molecule has 0 aliphatic rings. The molecule has 0 aromatic carbocycles. The van der Waals surface area contributed by atoms with Gasteiger partial charge in [0.1, 0.15) is 0 Å². The van der Waals surface area contributed by atoms with Crippen molar-refractivity contribution in [2.75, 3.05) is 0 Å². The van der Waals surface area contributed by atoms with Gasteiger partial charge < -0.3 is 9.79 Å². The van der Waals surface area contributed by atoms with Crippen molar-refractivity contribution >= 4 is 8.60 Å². The quantitative estimate of drug-likeness (QED) is 0.377. The first-order valence-electron chi connectivity index (χ1n) is 2.72. The Hall–Kier alpha value is -0.650. The predicted molar refractivity (Wildman–Crippen MR) is 44.4 cm³/mol. The van der Waals surface area contributed by atoms with Gasteiger partial charge in [-0.2, -0.15) is 0 Å². The molecule has 0 radical (unpaired) electrons. The van der Waals surface area contributed by atoms with Crippen LogP contribution in [-0.2, 0) is 4.52 Å². The predicted octanol–water partition coefficient (Wildman–Crippen LogP) is 0.958. The molecular formula is C7H9O3P. The monoisotopic (exact) mass is 172 g/mol. The Balaban J connectivity index is 4.45. The second-order valence-electron chi connectivity index (χ2n) is 1.69. The van der Waals surface area contributed by atoms with Crippen LogP contribution in [0.1, 0.15) is 0 Å². The summed E-state index contributed by atoms with van der Waals surface area (Å²) in [5.41, 5.74) is -1.27. The molecule has 0 amide bonds. The fourth-order valence-corrected chi connectivity index (χ4v) is 0.909. The third-order valence-electron chi connectivity index (χ3n) is 1.06. The summed E-state index contributed by atoms with van der Waals surface area (Å²) in [6, 6.07) is 0. The molecule has 0 aromatic heterocycles. The Morgan fingerprint density at radius 1 is 1.45 bits per heavy atom. The zero-order chi connectivity index (χ0) is 8.91. The third-order valence-corrected chi connectivity index (χ3v) is 1.53. The Morgan fingerprint density at radius 3 is 2.00 bits per heavy atom. The maximum atomic E-state index is 8.49. The van der Waals surface area contributed by atoms with Crippen LogP contribution < -0.4 is 0 Å². The Bertz CT molecular complexity index is 184. The molecular weight excluding hydrogens is 163 g/mol. The van der Waals surface area contributed by atoms with E-state index in [1.54, 1.807) is 0 Å². The largest absolute Gasteiger partial charge is 0.329 e. The van der Waals surface area contributed by atoms with E-state index in [1.165, 1.54) is 12.2 Å². The Morgan fingerprint density at radius 2 is 1.91 bits per heavy atom. The molecule has 0 spiro atoms. The van der Waals surface area contributed by atoms with Crippen LogP contribution in [0.2, 0.25) is 0 Å². The summed E-state index contributed by atoms with van der Waals surface area (Å²) in [4.78, 5) is 17.0. The van der Waals surface area contributed by atoms with Crippen molar-refractivity contribution in [3.63, 3.8) is 0 Å². The summed E-state index contributed by atoms with van der Waals surface area (Å²) in [6.45, 7) is 6.75. The van der Waals surface area contributed by atoms with Gasteiger partial charge in [-0.05, 0) is 12.2 Å². The van der Waals surface area contributed by atoms with E-state index in [4.69, 9.17) is 16.2 Å². The molecule has 0 fully saturated rings. The lowest BCUT2D eigenvalue weighted by Gasteiger charge is -2.19. The lowest BCUT2D eigenvalue weighted by atomic mass is 10.1. The van der Waals surface area contributed by atoms with Crippen LogP contribution in [0.15, 0.2) is 25.3 Å². The standard InChI is InChI=1S/C7H9O3P/c1-4-7(5-2,6-3)10-11(8)9/h1,5-6,8-9H,2-3H2. The highest BCUT2D eigenvalue weighted by Crippen LogP contribution is 2.33. The molecule has 0 aromatic rings. The smallest absolute Gasteiger partial charge is 0.328 e. The molecule has 0 aliphatic carbocycles. The second-order valence-corrected chi connectivity index (χ2v) is 2.38. The lowest BCUT2D eigenvalue weighted by Crippen LogP contribution is -2.22. The molecule has 0 unspecified atom stereocenters. The van der Waals surface area contributed by atoms with Crippen molar-refractivity contribution < 1.29 is 14.3 Å². The maximum absolute atomic E-state index is 8.49. The van der Waals surface area contributed by atoms with E-state index in [9.17, 15) is 0 Å². The minimum Gasteiger partial charge on any atom is -0.328 e. The maximum Gasteiger partial charge on any atom is 0.329 e. The zero-order valence-corrected chi connectivity index (χ0v) is 6.79. The van der Waals surface area contributed by atoms with Crippen LogP contribution in [0, 0.1) is 12.3 Å². The van der Waals surface area contributed by atoms with Crippen LogP contribution >= 0.6 is 8.60 Å². The number of hydrogen-bond donors (Lipinski definition) is 2. The van der Waals surface area contributed by atoms with Gasteiger partial charge in [0.05, 0.1) is 0 Å². The van der Waals surface area contributed by atoms with Crippen LogP contribution in [0.3, 0.4) is 0 Å². The summed E-state index contributed by atoms with van der Waals surface area (Å²) in [5, 5.41) is 0. The number of rotatable bonds is 4. The normalized spacial score (nSPS) is 10.7. The van der Waals surface area contributed by atoms with Gasteiger partial charge in [0.2, 0.25) is 0 Å². The van der Waals surface area contributed by atoms with Gasteiger partial charge in [0.25, 0.3) is 0 Å². The molecule has 0 saturated heterocycles. The van der Waals surface area contributed by atoms with Crippen LogP contribution in [0.5, 0.6) is 0 Å². The van der Waals surface area contributed by atoms with E-state index in [0.29, 0.717) is 0 Å². The molecule has 60 valence electrons. The summed E-state index contributed by atoms with van der Waals surface area (Å²) in [6.07, 6.45) is 7.58. The second kappa shape index (κ2) is 4.27. The fraction of sp³-hybridized carbons (Fsp3) is 0.143. The molecule has 0 aliphatic heterocycles. The topological polar surface area (TPSA) is 49.7 Å². The van der Waals surface area contributed by atoms with Crippen LogP contribution in [-0.4, -0.2) is 15.4 Å². The molecule has 4 heteroatoms. The van der Waals surface area contributed by atoms with Gasteiger partial charge in [0.15, 0.2) is 5.60 Å². The molecule has 0 rings (SSSR count). The summed E-state index contributed by atoms with van der Waals surface area (Å²) < 4.78 is 4.59. The van der Waals surface area contributed by atoms with Gasteiger partial charge in [-0.15, -0.1) is 6.42 Å². The first-order chi connectivity index (χ1) is 5.10. The van der Waals surface area contributed by atoms with Crippen LogP contribution in [0.25, 0.3) is 0 Å². The highest BCUT2D eigenvalue weighted by Gasteiger charge is 2.23. The molecule has 2 N–H and O–H groups in total. The minimum atomic E-state index is -2.49. The molecule has 0 bridgehead atoms. The van der Waals surface area contributed by atoms with E-state index in [0.717, 1.165) is 0 Å². The van der Waals surface area contributed by atoms with E-state index in [-0.39, 0.29) is 0 Å². The highest BCUT2D eigenvalue weighted by molar-refractivity contribution is 7.39. The lowest BCUT2D eigenvalue weighted by molar-refractivity contribution is 0.193.